The van der Waals surface area contributed by atoms with Gasteiger partial charge in [-0.25, -0.2) is 4.79 Å². The number of ether oxygens (including phenoxy) is 4. The van der Waals surface area contributed by atoms with E-state index in [1.54, 1.807) is 12.1 Å². The van der Waals surface area contributed by atoms with Gasteiger partial charge < -0.3 is 18.9 Å². The first-order valence-electron chi connectivity index (χ1n) is 23.4. The van der Waals surface area contributed by atoms with E-state index in [0.29, 0.717) is 24.5 Å². The summed E-state index contributed by atoms with van der Waals surface area (Å²) in [7, 11) is 0. The van der Waals surface area contributed by atoms with Gasteiger partial charge in [-0.3, -0.25) is 0 Å². The summed E-state index contributed by atoms with van der Waals surface area (Å²) in [6, 6.07) is 56.6. The molecule has 0 aliphatic carbocycles. The number of aryl methyl sites for hydroxylation is 12. The zero-order chi connectivity index (χ0) is 51.2. The van der Waals surface area contributed by atoms with Gasteiger partial charge in [0.25, 0.3) is 0 Å². The third-order valence-electron chi connectivity index (χ3n) is 11.5. The fourth-order valence-corrected chi connectivity index (χ4v) is 6.74. The second-order valence-electron chi connectivity index (χ2n) is 17.7. The van der Waals surface area contributed by atoms with E-state index < -0.39 is 0 Å². The minimum absolute atomic E-state index is 0.318. The van der Waals surface area contributed by atoms with Crippen molar-refractivity contribution >= 4 is 5.97 Å². The normalized spacial score (nSPS) is 9.97. The van der Waals surface area contributed by atoms with E-state index in [1.165, 1.54) is 61.2 Å². The number of hydrogen-bond donors (Lipinski definition) is 0. The van der Waals surface area contributed by atoms with Crippen molar-refractivity contribution in [2.75, 3.05) is 0 Å². The van der Waals surface area contributed by atoms with E-state index in [1.807, 2.05) is 87.5 Å². The Morgan fingerprint density at radius 2 is 0.786 bits per heavy atom. The summed E-state index contributed by atoms with van der Waals surface area (Å²) in [6.45, 7) is 30.6. The van der Waals surface area contributed by atoms with Gasteiger partial charge in [-0.1, -0.05) is 137 Å². The Balaban J connectivity index is 0.000000201. The third kappa shape index (κ3) is 18.8. The van der Waals surface area contributed by atoms with Crippen LogP contribution in [-0.4, -0.2) is 5.97 Å². The van der Waals surface area contributed by atoms with Gasteiger partial charge in [-0.15, -0.1) is 0 Å². The van der Waals surface area contributed by atoms with Crippen LogP contribution in [-0.2, 0) is 17.9 Å². The molecule has 0 N–H and O–H groups in total. The van der Waals surface area contributed by atoms with Gasteiger partial charge in [0, 0.05) is 0 Å². The van der Waals surface area contributed by atoms with E-state index in [-0.39, 0.29) is 5.97 Å². The fourth-order valence-electron chi connectivity index (χ4n) is 6.74. The molecule has 6 nitrogen and oxygen atoms in total. The van der Waals surface area contributed by atoms with Crippen molar-refractivity contribution in [3.05, 3.63) is 260 Å². The number of carbonyl (C=O) groups excluding carboxylic acids is 1. The zero-order valence-corrected chi connectivity index (χ0v) is 43.0. The van der Waals surface area contributed by atoms with Crippen LogP contribution in [0.4, 0.5) is 0 Å². The maximum absolute atomic E-state index is 11.9. The molecule has 0 radical (unpaired) electrons. The molecule has 0 atom stereocenters. The van der Waals surface area contributed by atoms with E-state index in [9.17, 15) is 4.79 Å². The van der Waals surface area contributed by atoms with E-state index in [4.69, 9.17) is 23.6 Å². The summed E-state index contributed by atoms with van der Waals surface area (Å²) in [5.74, 6) is 3.94. The number of esters is 1. The molecule has 0 heterocycles. The first-order valence-corrected chi connectivity index (χ1v) is 23.4. The Hall–Kier alpha value is -7.63. The molecule has 0 saturated carbocycles. The van der Waals surface area contributed by atoms with Gasteiger partial charge in [0.15, 0.2) is 0 Å². The molecule has 0 aliphatic rings. The Morgan fingerprint density at radius 3 is 1.30 bits per heavy atom. The van der Waals surface area contributed by atoms with Crippen molar-refractivity contribution in [2.24, 2.45) is 0 Å². The Bertz CT molecular complexity index is 2890. The van der Waals surface area contributed by atoms with Crippen LogP contribution >= 0.6 is 0 Å². The summed E-state index contributed by atoms with van der Waals surface area (Å²) >= 11 is 0. The molecular weight excluding hydrogens is 865 g/mol. The van der Waals surface area contributed by atoms with Crippen molar-refractivity contribution in [3.8, 4) is 28.7 Å². The average molecular weight is 933 g/mol. The second kappa shape index (κ2) is 28.0. The average Bonchev–Trinajstić information content (AvgIpc) is 3.34. The molecule has 8 aromatic carbocycles. The van der Waals surface area contributed by atoms with Crippen molar-refractivity contribution in [3.63, 3.8) is 0 Å². The number of benzene rings is 8. The third-order valence-corrected chi connectivity index (χ3v) is 11.5. The number of rotatable bonds is 10. The predicted octanol–water partition coefficient (Wildman–Crippen LogP) is 16.6. The fraction of sp³-hybridized carbons (Fsp3) is 0.219. The Labute approximate surface area is 417 Å². The number of carbonyl (C=O) groups is 1. The first-order chi connectivity index (χ1) is 33.5. The topological polar surface area (TPSA) is 73.9 Å². The Kier molecular flexibility index (Phi) is 22.0. The number of hydrogen-bond acceptors (Lipinski definition) is 5. The van der Waals surface area contributed by atoms with Crippen LogP contribution in [0.25, 0.3) is 0 Å². The van der Waals surface area contributed by atoms with Gasteiger partial charge in [0.1, 0.15) is 42.0 Å². The molecule has 0 aliphatic heterocycles. The molecule has 0 fully saturated rings. The molecular formula is C64H68O6. The molecule has 8 aromatic rings. The van der Waals surface area contributed by atoms with Crippen LogP contribution in [0.2, 0.25) is 0 Å². The standard InChI is InChI=1S/C16H16O2.2C16H18O.C15H16O.CO/c1-11-4-7-14(8-5-11)16(17)18-15-9-6-12(2)10-13(15)3;1-12-5-8-16(9-6-12)17-11-15-7-4-13(2)10-14(15)3;1-12-4-7-15(8-5-12)11-17-16-9-6-13(2)14(3)10-16;1-11-4-7-14(8-5-11)16-15-9-6-12(2)13(3)10-15;1-2/h4-10H,1-3H3;2*4-10H,11H2,1-3H3;4-10H,1-3H3;. The van der Waals surface area contributed by atoms with E-state index >= 15 is 0 Å². The zero-order valence-electron chi connectivity index (χ0n) is 43.0. The molecule has 70 heavy (non-hydrogen) atoms. The maximum atomic E-state index is 11.9. The molecule has 0 bridgehead atoms. The van der Waals surface area contributed by atoms with E-state index in [2.05, 4.69) is 160 Å². The molecule has 0 amide bonds. The summed E-state index contributed by atoms with van der Waals surface area (Å²) in [5.41, 5.74) is 17.7. The van der Waals surface area contributed by atoms with Crippen LogP contribution in [0.1, 0.15) is 88.2 Å². The van der Waals surface area contributed by atoms with Crippen LogP contribution < -0.4 is 18.9 Å². The van der Waals surface area contributed by atoms with Gasteiger partial charge >= 0.3 is 17.3 Å². The predicted molar refractivity (Wildman–Crippen MR) is 286 cm³/mol. The molecule has 6 heteroatoms. The molecule has 0 saturated heterocycles. The SMILES string of the molecule is Cc1ccc(C(=O)Oc2ccc(C)cc2C)cc1.Cc1ccc(COc2ccc(C)c(C)c2)cc1.Cc1ccc(OCc2ccc(C)cc2C)cc1.Cc1ccc(Oc2ccc(C)c(C)c2)cc1.[C-]#[O+]. The van der Waals surface area contributed by atoms with Gasteiger partial charge in [-0.2, -0.15) is 0 Å². The molecule has 360 valence electrons. The monoisotopic (exact) mass is 933 g/mol. The van der Waals surface area contributed by atoms with Gasteiger partial charge in [0.05, 0.1) is 5.56 Å². The summed E-state index contributed by atoms with van der Waals surface area (Å²) < 4.78 is 30.2. The van der Waals surface area contributed by atoms with Crippen LogP contribution in [0.3, 0.4) is 0 Å². The second-order valence-corrected chi connectivity index (χ2v) is 17.7. The minimum atomic E-state index is -0.318. The first kappa shape index (κ1) is 55.0. The molecule has 0 unspecified atom stereocenters. The summed E-state index contributed by atoms with van der Waals surface area (Å²) in [5, 5.41) is 0. The molecule has 0 aromatic heterocycles. The molecule has 0 spiro atoms. The van der Waals surface area contributed by atoms with Crippen molar-refractivity contribution < 1.29 is 28.4 Å². The van der Waals surface area contributed by atoms with Crippen LogP contribution in [0.15, 0.2) is 170 Å². The van der Waals surface area contributed by atoms with E-state index in [0.717, 1.165) is 39.7 Å². The summed E-state index contributed by atoms with van der Waals surface area (Å²) in [4.78, 5) is 11.9. The van der Waals surface area contributed by atoms with Gasteiger partial charge in [-0.05, 0) is 194 Å². The quantitative estimate of drug-likeness (QED) is 0.0591. The molecule has 8 rings (SSSR count). The summed E-state index contributed by atoms with van der Waals surface area (Å²) in [6.07, 6.45) is 0. The van der Waals surface area contributed by atoms with Crippen molar-refractivity contribution in [2.45, 2.75) is 96.3 Å². The van der Waals surface area contributed by atoms with Crippen LogP contribution in [0.5, 0.6) is 28.7 Å². The Morgan fingerprint density at radius 1 is 0.371 bits per heavy atom. The van der Waals surface area contributed by atoms with Crippen molar-refractivity contribution in [1.29, 1.82) is 0 Å². The van der Waals surface area contributed by atoms with Crippen LogP contribution in [0, 0.1) is 89.7 Å². The van der Waals surface area contributed by atoms with Crippen molar-refractivity contribution in [1.82, 2.24) is 0 Å². The van der Waals surface area contributed by atoms with Gasteiger partial charge in [0.2, 0.25) is 0 Å².